The van der Waals surface area contributed by atoms with Crippen LogP contribution in [0.25, 0.3) is 0 Å². The smallest absolute Gasteiger partial charge is 0.246 e. The maximum atomic E-state index is 12.5. The first-order valence-electron chi connectivity index (χ1n) is 7.33. The highest BCUT2D eigenvalue weighted by molar-refractivity contribution is 7.13. The molecule has 1 fully saturated rings. The molecule has 20 heavy (non-hydrogen) atoms. The van der Waals surface area contributed by atoms with Crippen LogP contribution in [0.5, 0.6) is 0 Å². The van der Waals surface area contributed by atoms with E-state index in [1.165, 1.54) is 24.2 Å². The van der Waals surface area contributed by atoms with Gasteiger partial charge in [0.2, 0.25) is 5.91 Å². The number of rotatable bonds is 7. The second-order valence-electron chi connectivity index (χ2n) is 5.50. The quantitative estimate of drug-likeness (QED) is 0.823. The predicted octanol–water partition coefficient (Wildman–Crippen LogP) is 4.07. The van der Waals surface area contributed by atoms with E-state index < -0.39 is 5.41 Å². The number of thiazole rings is 1. The first-order chi connectivity index (χ1) is 9.65. The van der Waals surface area contributed by atoms with Gasteiger partial charge in [-0.25, -0.2) is 4.98 Å². The van der Waals surface area contributed by atoms with Crippen LogP contribution in [-0.2, 0) is 4.79 Å². The topological polar surface area (TPSA) is 65.8 Å². The normalized spacial score (nSPS) is 14.8. The first-order valence-corrected chi connectivity index (χ1v) is 8.21. The standard InChI is InChI=1S/C15H21N3OS/c1-3-7-15(10-16,8-4-2)13(19)18-14-17-12(9-20-14)11-5-6-11/h9,11H,3-8H2,1-2H3,(H,17,18,19). The number of hydrogen-bond donors (Lipinski definition) is 1. The van der Waals surface area contributed by atoms with Gasteiger partial charge < -0.3 is 5.32 Å². The van der Waals surface area contributed by atoms with Crippen molar-refractivity contribution in [2.75, 3.05) is 5.32 Å². The molecule has 4 nitrogen and oxygen atoms in total. The lowest BCUT2D eigenvalue weighted by atomic mass is 9.80. The maximum absolute atomic E-state index is 12.5. The van der Waals surface area contributed by atoms with Gasteiger partial charge in [-0.05, 0) is 25.7 Å². The van der Waals surface area contributed by atoms with Crippen molar-refractivity contribution in [3.8, 4) is 6.07 Å². The number of aromatic nitrogens is 1. The first kappa shape index (κ1) is 15.0. The summed E-state index contributed by atoms with van der Waals surface area (Å²) < 4.78 is 0. The number of carbonyl (C=O) groups excluding carboxylic acids is 1. The van der Waals surface area contributed by atoms with Gasteiger partial charge in [0.25, 0.3) is 0 Å². The molecule has 0 bridgehead atoms. The number of anilines is 1. The Morgan fingerprint density at radius 1 is 1.50 bits per heavy atom. The fraction of sp³-hybridized carbons (Fsp3) is 0.667. The van der Waals surface area contributed by atoms with Gasteiger partial charge in [-0.2, -0.15) is 5.26 Å². The molecule has 1 amide bonds. The number of amides is 1. The van der Waals surface area contributed by atoms with E-state index in [9.17, 15) is 10.1 Å². The van der Waals surface area contributed by atoms with Crippen molar-refractivity contribution in [3.05, 3.63) is 11.1 Å². The Hall–Kier alpha value is -1.41. The summed E-state index contributed by atoms with van der Waals surface area (Å²) in [6.45, 7) is 4.01. The van der Waals surface area contributed by atoms with Crippen LogP contribution in [0.1, 0.15) is 64.0 Å². The van der Waals surface area contributed by atoms with Crippen molar-refractivity contribution in [2.24, 2.45) is 5.41 Å². The minimum atomic E-state index is -0.908. The van der Waals surface area contributed by atoms with Crippen LogP contribution >= 0.6 is 11.3 Å². The Bertz CT molecular complexity index is 507. The Labute approximate surface area is 124 Å². The maximum Gasteiger partial charge on any atom is 0.246 e. The zero-order chi connectivity index (χ0) is 14.6. The molecule has 1 heterocycles. The highest BCUT2D eigenvalue weighted by Crippen LogP contribution is 2.41. The zero-order valence-electron chi connectivity index (χ0n) is 12.1. The van der Waals surface area contributed by atoms with Gasteiger partial charge >= 0.3 is 0 Å². The van der Waals surface area contributed by atoms with Crippen molar-refractivity contribution in [2.45, 2.75) is 58.3 Å². The van der Waals surface area contributed by atoms with Crippen LogP contribution in [0.3, 0.4) is 0 Å². The van der Waals surface area contributed by atoms with Gasteiger partial charge in [-0.3, -0.25) is 4.79 Å². The lowest BCUT2D eigenvalue weighted by Gasteiger charge is -2.23. The molecule has 1 aromatic rings. The summed E-state index contributed by atoms with van der Waals surface area (Å²) in [5.74, 6) is 0.393. The molecule has 1 aromatic heterocycles. The summed E-state index contributed by atoms with van der Waals surface area (Å²) in [5, 5.41) is 15.0. The second-order valence-corrected chi connectivity index (χ2v) is 6.36. The molecule has 1 N–H and O–H groups in total. The van der Waals surface area contributed by atoms with Gasteiger partial charge in [0.15, 0.2) is 5.13 Å². The van der Waals surface area contributed by atoms with E-state index in [4.69, 9.17) is 0 Å². The molecule has 2 rings (SSSR count). The Balaban J connectivity index is 2.08. The van der Waals surface area contributed by atoms with Crippen molar-refractivity contribution in [3.63, 3.8) is 0 Å². The van der Waals surface area contributed by atoms with Crippen molar-refractivity contribution >= 4 is 22.4 Å². The summed E-state index contributed by atoms with van der Waals surface area (Å²) in [5.41, 5.74) is 0.174. The summed E-state index contributed by atoms with van der Waals surface area (Å²) in [4.78, 5) is 16.9. The molecule has 0 spiro atoms. The molecular formula is C15H21N3OS. The molecule has 0 radical (unpaired) electrons. The summed E-state index contributed by atoms with van der Waals surface area (Å²) >= 11 is 1.46. The van der Waals surface area contributed by atoms with Crippen LogP contribution in [0, 0.1) is 16.7 Å². The number of nitrogens with one attached hydrogen (secondary N) is 1. The van der Waals surface area contributed by atoms with Crippen LogP contribution in [0.15, 0.2) is 5.38 Å². The highest BCUT2D eigenvalue weighted by Gasteiger charge is 2.37. The minimum absolute atomic E-state index is 0.194. The highest BCUT2D eigenvalue weighted by atomic mass is 32.1. The fourth-order valence-electron chi connectivity index (χ4n) is 2.50. The number of nitrogens with zero attached hydrogens (tertiary/aromatic N) is 2. The molecule has 0 atom stereocenters. The third kappa shape index (κ3) is 3.18. The van der Waals surface area contributed by atoms with E-state index >= 15 is 0 Å². The van der Waals surface area contributed by atoms with Crippen molar-refractivity contribution < 1.29 is 4.79 Å². The molecule has 0 unspecified atom stereocenters. The van der Waals surface area contributed by atoms with Crippen molar-refractivity contribution in [1.29, 1.82) is 5.26 Å². The Morgan fingerprint density at radius 2 is 2.15 bits per heavy atom. The van der Waals surface area contributed by atoms with Crippen LogP contribution in [-0.4, -0.2) is 10.9 Å². The van der Waals surface area contributed by atoms with E-state index in [1.807, 2.05) is 19.2 Å². The molecular weight excluding hydrogens is 270 g/mol. The number of hydrogen-bond acceptors (Lipinski definition) is 4. The monoisotopic (exact) mass is 291 g/mol. The van der Waals surface area contributed by atoms with E-state index in [1.54, 1.807) is 0 Å². The molecule has 5 heteroatoms. The van der Waals surface area contributed by atoms with Gasteiger partial charge in [-0.15, -0.1) is 11.3 Å². The number of nitriles is 1. The molecule has 0 saturated heterocycles. The summed E-state index contributed by atoms with van der Waals surface area (Å²) in [7, 11) is 0. The average molecular weight is 291 g/mol. The van der Waals surface area contributed by atoms with Gasteiger partial charge in [-0.1, -0.05) is 26.7 Å². The Kier molecular flexibility index (Phi) is 4.77. The summed E-state index contributed by atoms with van der Waals surface area (Å²) in [6.07, 6.45) is 5.25. The fourth-order valence-corrected chi connectivity index (χ4v) is 3.28. The van der Waals surface area contributed by atoms with Crippen LogP contribution < -0.4 is 5.32 Å². The van der Waals surface area contributed by atoms with Crippen LogP contribution in [0.4, 0.5) is 5.13 Å². The molecule has 1 aliphatic carbocycles. The molecule has 1 saturated carbocycles. The minimum Gasteiger partial charge on any atom is -0.301 e. The van der Waals surface area contributed by atoms with Gasteiger partial charge in [0, 0.05) is 11.3 Å². The lowest BCUT2D eigenvalue weighted by Crippen LogP contribution is -2.35. The summed E-state index contributed by atoms with van der Waals surface area (Å²) in [6, 6.07) is 2.24. The molecule has 108 valence electrons. The predicted molar refractivity (Wildman–Crippen MR) is 80.6 cm³/mol. The lowest BCUT2D eigenvalue weighted by molar-refractivity contribution is -0.123. The van der Waals surface area contributed by atoms with Gasteiger partial charge in [0.05, 0.1) is 11.8 Å². The zero-order valence-corrected chi connectivity index (χ0v) is 12.9. The van der Waals surface area contributed by atoms with Crippen LogP contribution in [0.2, 0.25) is 0 Å². The van der Waals surface area contributed by atoms with Gasteiger partial charge in [0.1, 0.15) is 5.41 Å². The van der Waals surface area contributed by atoms with E-state index in [0.29, 0.717) is 23.9 Å². The number of carbonyl (C=O) groups is 1. The average Bonchev–Trinajstić information content (AvgIpc) is 3.19. The third-order valence-electron chi connectivity index (χ3n) is 3.74. The Morgan fingerprint density at radius 3 is 2.65 bits per heavy atom. The molecule has 1 aliphatic rings. The SMILES string of the molecule is CCCC(C#N)(CCC)C(=O)Nc1nc(C2CC2)cs1. The van der Waals surface area contributed by atoms with E-state index in [0.717, 1.165) is 18.5 Å². The van der Waals surface area contributed by atoms with Crippen molar-refractivity contribution in [1.82, 2.24) is 4.98 Å². The third-order valence-corrected chi connectivity index (χ3v) is 4.52. The largest absolute Gasteiger partial charge is 0.301 e. The van der Waals surface area contributed by atoms with E-state index in [2.05, 4.69) is 16.4 Å². The second kappa shape index (κ2) is 6.36. The van der Waals surface area contributed by atoms with E-state index in [-0.39, 0.29) is 5.91 Å². The molecule has 0 aliphatic heterocycles. The molecule has 0 aromatic carbocycles.